The van der Waals surface area contributed by atoms with Gasteiger partial charge in [-0.2, -0.15) is 0 Å². The summed E-state index contributed by atoms with van der Waals surface area (Å²) in [6.45, 7) is 3.08. The van der Waals surface area contributed by atoms with Crippen LogP contribution in [0, 0.1) is 10.1 Å². The van der Waals surface area contributed by atoms with Gasteiger partial charge in [0.2, 0.25) is 0 Å². The van der Waals surface area contributed by atoms with Crippen LogP contribution in [-0.4, -0.2) is 45.8 Å². The molecule has 2 N–H and O–H groups in total. The predicted molar refractivity (Wildman–Crippen MR) is 90.2 cm³/mol. The number of nitro benzene ring substituents is 1. The summed E-state index contributed by atoms with van der Waals surface area (Å²) in [6.07, 6.45) is 0. The number of allylic oxidation sites excluding steroid dienone is 2. The van der Waals surface area contributed by atoms with Crippen LogP contribution in [0.25, 0.3) is 0 Å². The fourth-order valence-corrected chi connectivity index (χ4v) is 3.13. The molecule has 0 bridgehead atoms. The highest BCUT2D eigenvalue weighted by atomic mass is 16.6. The Morgan fingerprint density at radius 3 is 2.15 bits per heavy atom. The van der Waals surface area contributed by atoms with E-state index >= 15 is 0 Å². The van der Waals surface area contributed by atoms with Crippen LogP contribution in [-0.2, 0) is 14.3 Å². The second-order valence-corrected chi connectivity index (χ2v) is 5.74. The molecule has 1 aromatic carbocycles. The average Bonchev–Trinajstić information content (AvgIpc) is 2.57. The van der Waals surface area contributed by atoms with Gasteiger partial charge in [0.05, 0.1) is 22.0 Å². The molecule has 0 amide bonds. The summed E-state index contributed by atoms with van der Waals surface area (Å²) in [4.78, 5) is 35.7. The highest BCUT2D eigenvalue weighted by molar-refractivity contribution is 5.98. The number of aliphatic carboxylic acids is 2. The molecule has 0 radical (unpaired) electrons. The molecule has 9 nitrogen and oxygen atoms in total. The first kappa shape index (κ1) is 19.1. The van der Waals surface area contributed by atoms with Gasteiger partial charge in [0.25, 0.3) is 5.69 Å². The molecule has 0 atom stereocenters. The van der Waals surface area contributed by atoms with E-state index in [1.807, 2.05) is 0 Å². The lowest BCUT2D eigenvalue weighted by atomic mass is 9.80. The summed E-state index contributed by atoms with van der Waals surface area (Å²) < 4.78 is 5.05. The number of nitrogens with zero attached hydrogens (tertiary/aromatic N) is 2. The van der Waals surface area contributed by atoms with Gasteiger partial charge in [-0.1, -0.05) is 12.1 Å². The number of carboxylic acids is 2. The molecule has 9 heteroatoms. The number of hydrogen-bond donors (Lipinski definition) is 2. The number of carboxylic acid groups (broad SMARTS) is 2. The number of non-ortho nitro benzene ring substituents is 1. The molecule has 0 saturated carbocycles. The monoisotopic (exact) mass is 362 g/mol. The molecule has 1 aromatic rings. The van der Waals surface area contributed by atoms with Crippen molar-refractivity contribution in [1.82, 2.24) is 4.90 Å². The summed E-state index contributed by atoms with van der Waals surface area (Å²) in [6, 6.07) is 5.34. The molecule has 0 unspecified atom stereocenters. The van der Waals surface area contributed by atoms with Crippen LogP contribution in [0.1, 0.15) is 25.3 Å². The molecule has 1 aliphatic rings. The van der Waals surface area contributed by atoms with Gasteiger partial charge in [-0.05, 0) is 19.4 Å². The van der Waals surface area contributed by atoms with Crippen LogP contribution in [0.3, 0.4) is 0 Å². The van der Waals surface area contributed by atoms with Gasteiger partial charge >= 0.3 is 11.9 Å². The van der Waals surface area contributed by atoms with Crippen molar-refractivity contribution in [2.45, 2.75) is 19.8 Å². The smallest absolute Gasteiger partial charge is 0.334 e. The zero-order chi connectivity index (χ0) is 19.6. The number of rotatable bonds is 6. The van der Waals surface area contributed by atoms with Crippen molar-refractivity contribution < 1.29 is 29.5 Å². The zero-order valence-corrected chi connectivity index (χ0v) is 14.4. The van der Waals surface area contributed by atoms with Crippen molar-refractivity contribution in [3.63, 3.8) is 0 Å². The number of carbonyl (C=O) groups is 2. The third-order valence-electron chi connectivity index (χ3n) is 4.30. The van der Waals surface area contributed by atoms with Crippen molar-refractivity contribution >= 4 is 17.6 Å². The maximum Gasteiger partial charge on any atom is 0.334 e. The third kappa shape index (κ3) is 3.29. The largest absolute Gasteiger partial charge is 0.478 e. The molecule has 0 saturated heterocycles. The number of ether oxygens (including phenoxy) is 1. The minimum absolute atomic E-state index is 0.0209. The Hall–Kier alpha value is -3.20. The first-order chi connectivity index (χ1) is 12.2. The lowest BCUT2D eigenvalue weighted by molar-refractivity contribution is -0.384. The quantitative estimate of drug-likeness (QED) is 0.582. The Morgan fingerprint density at radius 1 is 1.19 bits per heavy atom. The molecule has 1 heterocycles. The lowest BCUT2D eigenvalue weighted by Crippen LogP contribution is -2.35. The van der Waals surface area contributed by atoms with E-state index in [4.69, 9.17) is 4.74 Å². The first-order valence-corrected chi connectivity index (χ1v) is 7.59. The van der Waals surface area contributed by atoms with E-state index in [-0.39, 0.29) is 29.1 Å². The van der Waals surface area contributed by atoms with E-state index in [1.165, 1.54) is 36.3 Å². The van der Waals surface area contributed by atoms with E-state index in [0.717, 1.165) is 0 Å². The van der Waals surface area contributed by atoms with Crippen molar-refractivity contribution in [1.29, 1.82) is 0 Å². The third-order valence-corrected chi connectivity index (χ3v) is 4.30. The highest BCUT2D eigenvalue weighted by Crippen LogP contribution is 2.42. The van der Waals surface area contributed by atoms with Crippen molar-refractivity contribution in [2.24, 2.45) is 0 Å². The molecular formula is C17H18N2O7. The summed E-state index contributed by atoms with van der Waals surface area (Å²) >= 11 is 0. The second-order valence-electron chi connectivity index (χ2n) is 5.74. The van der Waals surface area contributed by atoms with Crippen LogP contribution < -0.4 is 0 Å². The van der Waals surface area contributed by atoms with Gasteiger partial charge in [-0.15, -0.1) is 0 Å². The molecule has 2 rings (SSSR count). The van der Waals surface area contributed by atoms with Crippen molar-refractivity contribution in [2.75, 3.05) is 13.8 Å². The maximum absolute atomic E-state index is 11.9. The predicted octanol–water partition coefficient (Wildman–Crippen LogP) is 2.32. The number of hydrogen-bond acceptors (Lipinski definition) is 6. The number of nitro groups is 1. The van der Waals surface area contributed by atoms with Crippen LogP contribution >= 0.6 is 0 Å². The van der Waals surface area contributed by atoms with E-state index in [2.05, 4.69) is 0 Å². The fourth-order valence-electron chi connectivity index (χ4n) is 3.13. The van der Waals surface area contributed by atoms with E-state index in [1.54, 1.807) is 13.8 Å². The Bertz CT molecular complexity index is 803. The van der Waals surface area contributed by atoms with Gasteiger partial charge in [-0.25, -0.2) is 9.59 Å². The molecule has 1 aliphatic heterocycles. The summed E-state index contributed by atoms with van der Waals surface area (Å²) in [7, 11) is 1.41. The van der Waals surface area contributed by atoms with Crippen LogP contribution in [0.4, 0.5) is 5.69 Å². The Kier molecular flexibility index (Phi) is 5.41. The molecule has 0 spiro atoms. The van der Waals surface area contributed by atoms with E-state index < -0.39 is 22.8 Å². The van der Waals surface area contributed by atoms with Crippen LogP contribution in [0.15, 0.2) is 46.8 Å². The number of methoxy groups -OCH3 is 1. The first-order valence-electron chi connectivity index (χ1n) is 7.59. The molecular weight excluding hydrogens is 344 g/mol. The highest BCUT2D eigenvalue weighted by Gasteiger charge is 2.39. The average molecular weight is 362 g/mol. The van der Waals surface area contributed by atoms with Crippen LogP contribution in [0.2, 0.25) is 0 Å². The zero-order valence-electron chi connectivity index (χ0n) is 14.4. The Morgan fingerprint density at radius 2 is 1.73 bits per heavy atom. The fraction of sp³-hybridized carbons (Fsp3) is 0.294. The number of benzene rings is 1. The van der Waals surface area contributed by atoms with Crippen LogP contribution in [0.5, 0.6) is 0 Å². The standard InChI is InChI=1S/C17H18N2O7/c1-9-13(16(20)21)15(11-5-4-6-12(7-11)19(24)25)14(17(22)23)10(2)18(9)8-26-3/h4-7,15H,8H2,1-3H3,(H,20,21)(H,22,23). The molecule has 0 aromatic heterocycles. The topological polar surface area (TPSA) is 130 Å². The summed E-state index contributed by atoms with van der Waals surface area (Å²) in [5, 5.41) is 30.5. The SMILES string of the molecule is COCN1C(C)=C(C(=O)O)C(c2cccc([N+](=O)[O-])c2)C(C(=O)O)=C1C. The Balaban J connectivity index is 2.77. The minimum Gasteiger partial charge on any atom is -0.478 e. The summed E-state index contributed by atoms with van der Waals surface area (Å²) in [5.74, 6) is -3.74. The van der Waals surface area contributed by atoms with Gasteiger partial charge in [0.1, 0.15) is 6.73 Å². The van der Waals surface area contributed by atoms with Gasteiger partial charge < -0.3 is 19.8 Å². The van der Waals surface area contributed by atoms with Gasteiger partial charge in [0.15, 0.2) is 0 Å². The molecule has 138 valence electrons. The van der Waals surface area contributed by atoms with Crippen molar-refractivity contribution in [3.8, 4) is 0 Å². The molecule has 0 fully saturated rings. The van der Waals surface area contributed by atoms with E-state index in [0.29, 0.717) is 11.4 Å². The van der Waals surface area contributed by atoms with E-state index in [9.17, 15) is 29.9 Å². The van der Waals surface area contributed by atoms with Gasteiger partial charge in [0, 0.05) is 30.6 Å². The minimum atomic E-state index is -1.30. The maximum atomic E-state index is 11.9. The molecule has 0 aliphatic carbocycles. The summed E-state index contributed by atoms with van der Waals surface area (Å²) in [5.41, 5.74) is 0.296. The Labute approximate surface area is 148 Å². The lowest BCUT2D eigenvalue weighted by Gasteiger charge is -2.36. The van der Waals surface area contributed by atoms with Crippen molar-refractivity contribution in [3.05, 3.63) is 62.5 Å². The second kappa shape index (κ2) is 7.36. The normalized spacial score (nSPS) is 15.4. The molecule has 26 heavy (non-hydrogen) atoms. The van der Waals surface area contributed by atoms with Gasteiger partial charge in [-0.3, -0.25) is 10.1 Å².